The number of anilines is 1. The quantitative estimate of drug-likeness (QED) is 0.420. The molecule has 1 aliphatic rings. The highest BCUT2D eigenvalue weighted by molar-refractivity contribution is 5.87. The smallest absolute Gasteiger partial charge is 0.254 e. The zero-order valence-corrected chi connectivity index (χ0v) is 19.1. The summed E-state index contributed by atoms with van der Waals surface area (Å²) in [5.41, 5.74) is 4.59. The molecule has 9 nitrogen and oxygen atoms in total. The summed E-state index contributed by atoms with van der Waals surface area (Å²) in [5.74, 6) is 2.13. The second kappa shape index (κ2) is 9.03. The average molecular weight is 446 g/mol. The zero-order chi connectivity index (χ0) is 22.8. The van der Waals surface area contributed by atoms with E-state index in [1.165, 1.54) is 0 Å². The molecule has 0 atom stereocenters. The van der Waals surface area contributed by atoms with Crippen molar-refractivity contribution in [3.05, 3.63) is 54.8 Å². The van der Waals surface area contributed by atoms with Crippen LogP contribution in [0.3, 0.4) is 0 Å². The highest BCUT2D eigenvalue weighted by atomic mass is 16.5. The Hall–Kier alpha value is -3.72. The van der Waals surface area contributed by atoms with Crippen molar-refractivity contribution in [2.24, 2.45) is 0 Å². The SMILES string of the molecule is CCn1c(/C(C)=C/OC)nc2c(N3CCOCC3)nc(-n3cc(-c4ccccc4)cn3)nc21. The summed E-state index contributed by atoms with van der Waals surface area (Å²) < 4.78 is 14.6. The fourth-order valence-corrected chi connectivity index (χ4v) is 4.12. The van der Waals surface area contributed by atoms with Crippen LogP contribution in [0.4, 0.5) is 5.82 Å². The standard InChI is InChI=1S/C24H27N7O2/c1-4-30-21(17(2)16-32-3)26-20-22(29-10-12-33-13-11-29)27-24(28-23(20)30)31-15-19(14-25-31)18-8-6-5-7-9-18/h5-9,14-16H,4,10-13H2,1-3H3/b17-16+. The maximum Gasteiger partial charge on any atom is 0.254 e. The molecule has 170 valence electrons. The number of aromatic nitrogens is 6. The number of rotatable bonds is 6. The number of allylic oxidation sites excluding steroid dienone is 1. The largest absolute Gasteiger partial charge is 0.504 e. The van der Waals surface area contributed by atoms with Gasteiger partial charge in [0.2, 0.25) is 0 Å². The molecule has 1 aromatic carbocycles. The van der Waals surface area contributed by atoms with E-state index >= 15 is 0 Å². The lowest BCUT2D eigenvalue weighted by Gasteiger charge is -2.28. The van der Waals surface area contributed by atoms with Gasteiger partial charge in [-0.25, -0.2) is 9.67 Å². The molecular formula is C24H27N7O2. The minimum absolute atomic E-state index is 0.515. The van der Waals surface area contributed by atoms with E-state index < -0.39 is 0 Å². The Kier molecular flexibility index (Phi) is 5.78. The molecule has 0 unspecified atom stereocenters. The Bertz CT molecular complexity index is 1290. The lowest BCUT2D eigenvalue weighted by molar-refractivity contribution is 0.122. The van der Waals surface area contributed by atoms with Crippen molar-refractivity contribution in [2.75, 3.05) is 38.3 Å². The van der Waals surface area contributed by atoms with Crippen molar-refractivity contribution in [1.82, 2.24) is 29.3 Å². The summed E-state index contributed by atoms with van der Waals surface area (Å²) in [7, 11) is 1.64. The predicted octanol–water partition coefficient (Wildman–Crippen LogP) is 3.54. The summed E-state index contributed by atoms with van der Waals surface area (Å²) in [6.07, 6.45) is 5.50. The average Bonchev–Trinajstić information content (AvgIpc) is 3.50. The van der Waals surface area contributed by atoms with Crippen LogP contribution in [-0.4, -0.2) is 62.7 Å². The monoisotopic (exact) mass is 445 g/mol. The summed E-state index contributed by atoms with van der Waals surface area (Å²) in [6.45, 7) is 7.60. The third kappa shape index (κ3) is 3.95. The van der Waals surface area contributed by atoms with Crippen molar-refractivity contribution in [1.29, 1.82) is 0 Å². The Morgan fingerprint density at radius 2 is 1.88 bits per heavy atom. The van der Waals surface area contributed by atoms with Crippen molar-refractivity contribution >= 4 is 22.6 Å². The number of hydrogen-bond acceptors (Lipinski definition) is 7. The Morgan fingerprint density at radius 3 is 2.61 bits per heavy atom. The molecule has 9 heteroatoms. The van der Waals surface area contributed by atoms with Crippen LogP contribution >= 0.6 is 0 Å². The third-order valence-corrected chi connectivity index (χ3v) is 5.73. The fraction of sp³-hybridized carbons (Fsp3) is 0.333. The van der Waals surface area contributed by atoms with Crippen LogP contribution < -0.4 is 4.90 Å². The van der Waals surface area contributed by atoms with Gasteiger partial charge in [-0.1, -0.05) is 30.3 Å². The molecule has 0 aliphatic carbocycles. The second-order valence-electron chi connectivity index (χ2n) is 7.87. The van der Waals surface area contributed by atoms with Crippen LogP contribution in [0.5, 0.6) is 0 Å². The number of hydrogen-bond donors (Lipinski definition) is 0. The highest BCUT2D eigenvalue weighted by Gasteiger charge is 2.24. The summed E-state index contributed by atoms with van der Waals surface area (Å²) in [5, 5.41) is 4.57. The van der Waals surface area contributed by atoms with Gasteiger partial charge in [-0.15, -0.1) is 0 Å². The molecule has 0 amide bonds. The molecule has 0 N–H and O–H groups in total. The first kappa shape index (κ1) is 21.1. The minimum atomic E-state index is 0.515. The van der Waals surface area contributed by atoms with Gasteiger partial charge in [0.15, 0.2) is 17.0 Å². The molecule has 1 aliphatic heterocycles. The third-order valence-electron chi connectivity index (χ3n) is 5.73. The van der Waals surface area contributed by atoms with Crippen LogP contribution in [0.25, 0.3) is 33.8 Å². The van der Waals surface area contributed by atoms with E-state index in [9.17, 15) is 0 Å². The zero-order valence-electron chi connectivity index (χ0n) is 19.1. The number of fused-ring (bicyclic) bond motifs is 1. The van der Waals surface area contributed by atoms with Gasteiger partial charge in [-0.05, 0) is 19.4 Å². The molecule has 4 aromatic rings. The fourth-order valence-electron chi connectivity index (χ4n) is 4.12. The molecule has 0 bridgehead atoms. The number of nitrogens with zero attached hydrogens (tertiary/aromatic N) is 7. The van der Waals surface area contributed by atoms with Gasteiger partial charge in [0, 0.05) is 37.0 Å². The van der Waals surface area contributed by atoms with E-state index in [0.717, 1.165) is 52.6 Å². The maximum absolute atomic E-state index is 5.57. The van der Waals surface area contributed by atoms with E-state index in [0.29, 0.717) is 25.7 Å². The minimum Gasteiger partial charge on any atom is -0.504 e. The molecule has 0 spiro atoms. The summed E-state index contributed by atoms with van der Waals surface area (Å²) in [6, 6.07) is 10.2. The molecule has 0 radical (unpaired) electrons. The number of morpholine rings is 1. The van der Waals surface area contributed by atoms with Gasteiger partial charge >= 0.3 is 0 Å². The Morgan fingerprint density at radius 1 is 1.09 bits per heavy atom. The van der Waals surface area contributed by atoms with Crippen molar-refractivity contribution in [3.8, 4) is 17.1 Å². The van der Waals surface area contributed by atoms with Crippen molar-refractivity contribution < 1.29 is 9.47 Å². The highest BCUT2D eigenvalue weighted by Crippen LogP contribution is 2.29. The van der Waals surface area contributed by atoms with Crippen LogP contribution in [0, 0.1) is 0 Å². The molecule has 5 rings (SSSR count). The maximum atomic E-state index is 5.57. The molecule has 4 heterocycles. The first-order chi connectivity index (χ1) is 16.2. The summed E-state index contributed by atoms with van der Waals surface area (Å²) >= 11 is 0. The molecule has 3 aromatic heterocycles. The Labute approximate surface area is 192 Å². The van der Waals surface area contributed by atoms with Gasteiger partial charge in [-0.3, -0.25) is 0 Å². The van der Waals surface area contributed by atoms with Crippen molar-refractivity contribution in [3.63, 3.8) is 0 Å². The molecule has 33 heavy (non-hydrogen) atoms. The van der Waals surface area contributed by atoms with Gasteiger partial charge in [-0.2, -0.15) is 15.1 Å². The van der Waals surface area contributed by atoms with E-state index in [-0.39, 0.29) is 0 Å². The van der Waals surface area contributed by atoms with E-state index in [4.69, 9.17) is 24.4 Å². The molecule has 1 saturated heterocycles. The number of ether oxygens (including phenoxy) is 2. The lowest BCUT2D eigenvalue weighted by Crippen LogP contribution is -2.37. The van der Waals surface area contributed by atoms with Gasteiger partial charge in [0.25, 0.3) is 5.95 Å². The normalized spacial score (nSPS) is 14.8. The van der Waals surface area contributed by atoms with Gasteiger partial charge in [0.05, 0.1) is 32.8 Å². The number of benzene rings is 1. The molecule has 1 fully saturated rings. The number of imidazole rings is 1. The van der Waals surface area contributed by atoms with Crippen LogP contribution in [-0.2, 0) is 16.0 Å². The number of aryl methyl sites for hydroxylation is 1. The van der Waals surface area contributed by atoms with Gasteiger partial charge < -0.3 is 18.9 Å². The van der Waals surface area contributed by atoms with Crippen LogP contribution in [0.15, 0.2) is 49.0 Å². The topological polar surface area (TPSA) is 83.1 Å². The molecular weight excluding hydrogens is 418 g/mol. The second-order valence-corrected chi connectivity index (χ2v) is 7.87. The molecule has 0 saturated carbocycles. The predicted molar refractivity (Wildman–Crippen MR) is 127 cm³/mol. The van der Waals surface area contributed by atoms with E-state index in [1.807, 2.05) is 37.5 Å². The first-order valence-corrected chi connectivity index (χ1v) is 11.1. The number of methoxy groups -OCH3 is 1. The summed E-state index contributed by atoms with van der Waals surface area (Å²) in [4.78, 5) is 17.0. The van der Waals surface area contributed by atoms with Crippen molar-refractivity contribution in [2.45, 2.75) is 20.4 Å². The van der Waals surface area contributed by atoms with Crippen LogP contribution in [0.1, 0.15) is 19.7 Å². The van der Waals surface area contributed by atoms with Gasteiger partial charge in [0.1, 0.15) is 5.82 Å². The lowest BCUT2D eigenvalue weighted by atomic mass is 10.1. The van der Waals surface area contributed by atoms with Crippen LogP contribution in [0.2, 0.25) is 0 Å². The first-order valence-electron chi connectivity index (χ1n) is 11.1. The van der Waals surface area contributed by atoms with E-state index in [2.05, 4.69) is 33.6 Å². The van der Waals surface area contributed by atoms with E-state index in [1.54, 1.807) is 18.1 Å². The Balaban J connectivity index is 1.68.